The normalized spacial score (nSPS) is 31.6. The molecule has 100 valence electrons. The number of hydrogen-bond donors (Lipinski definition) is 2. The molecule has 2 aliphatic carbocycles. The summed E-state index contributed by atoms with van der Waals surface area (Å²) >= 11 is 0. The Bertz CT molecular complexity index is 563. The summed E-state index contributed by atoms with van der Waals surface area (Å²) in [6.07, 6.45) is 4.59. The second-order valence-electron chi connectivity index (χ2n) is 5.16. The molecule has 19 heavy (non-hydrogen) atoms. The zero-order valence-electron chi connectivity index (χ0n) is 10.4. The van der Waals surface area contributed by atoms with Gasteiger partial charge in [-0.2, -0.15) is 0 Å². The third kappa shape index (κ3) is 1.93. The Kier molecular flexibility index (Phi) is 2.66. The maximum absolute atomic E-state index is 12.2. The van der Waals surface area contributed by atoms with Gasteiger partial charge < -0.3 is 9.63 Å². The van der Waals surface area contributed by atoms with Crippen LogP contribution in [0.4, 0.5) is 5.88 Å². The molecule has 6 nitrogen and oxygen atoms in total. The number of carbonyl (C=O) groups excluding carboxylic acids is 1. The minimum Gasteiger partial charge on any atom is -0.481 e. The third-order valence-corrected chi connectivity index (χ3v) is 3.92. The van der Waals surface area contributed by atoms with E-state index in [1.165, 1.54) is 0 Å². The van der Waals surface area contributed by atoms with Crippen molar-refractivity contribution in [1.29, 1.82) is 0 Å². The first-order valence-corrected chi connectivity index (χ1v) is 6.21. The fraction of sp³-hybridized carbons (Fsp3) is 0.462. The SMILES string of the molecule is Cc1cc(NC(=O)C2C3C=CC(C3)C2C(=O)O)on1. The molecule has 2 bridgehead atoms. The van der Waals surface area contributed by atoms with Crippen LogP contribution < -0.4 is 5.32 Å². The first-order chi connectivity index (χ1) is 9.06. The van der Waals surface area contributed by atoms with Crippen LogP contribution >= 0.6 is 0 Å². The molecule has 0 radical (unpaired) electrons. The van der Waals surface area contributed by atoms with E-state index >= 15 is 0 Å². The van der Waals surface area contributed by atoms with E-state index in [4.69, 9.17) is 4.52 Å². The van der Waals surface area contributed by atoms with Crippen LogP contribution in [-0.4, -0.2) is 22.1 Å². The molecular weight excluding hydrogens is 248 g/mol. The number of aromatic nitrogens is 1. The Balaban J connectivity index is 1.79. The fourth-order valence-corrected chi connectivity index (χ4v) is 3.14. The largest absolute Gasteiger partial charge is 0.481 e. The van der Waals surface area contributed by atoms with E-state index in [0.29, 0.717) is 5.69 Å². The summed E-state index contributed by atoms with van der Waals surface area (Å²) in [5, 5.41) is 15.6. The first kappa shape index (κ1) is 12.0. The van der Waals surface area contributed by atoms with Gasteiger partial charge in [-0.1, -0.05) is 17.3 Å². The van der Waals surface area contributed by atoms with Crippen LogP contribution in [0.1, 0.15) is 12.1 Å². The van der Waals surface area contributed by atoms with Gasteiger partial charge in [0.15, 0.2) is 0 Å². The standard InChI is InChI=1S/C13H14N2O4/c1-6-4-9(19-15-6)14-12(16)10-7-2-3-8(5-7)11(10)13(17)18/h2-4,7-8,10-11H,5H2,1H3,(H,14,16)(H,17,18). The summed E-state index contributed by atoms with van der Waals surface area (Å²) in [5.74, 6) is -2.15. The second-order valence-corrected chi connectivity index (χ2v) is 5.16. The van der Waals surface area contributed by atoms with Crippen LogP contribution in [-0.2, 0) is 9.59 Å². The second kappa shape index (κ2) is 4.22. The maximum atomic E-state index is 12.2. The van der Waals surface area contributed by atoms with Crippen LogP contribution in [0.5, 0.6) is 0 Å². The predicted molar refractivity (Wildman–Crippen MR) is 65.2 cm³/mol. The van der Waals surface area contributed by atoms with Crippen LogP contribution in [0.2, 0.25) is 0 Å². The Morgan fingerprint density at radius 2 is 2.05 bits per heavy atom. The molecule has 0 aromatic carbocycles. The number of carbonyl (C=O) groups is 2. The summed E-state index contributed by atoms with van der Waals surface area (Å²) < 4.78 is 4.92. The lowest BCUT2D eigenvalue weighted by molar-refractivity contribution is -0.146. The quantitative estimate of drug-likeness (QED) is 0.804. The number of aliphatic carboxylic acids is 1. The number of anilines is 1. The number of hydrogen-bond acceptors (Lipinski definition) is 4. The number of fused-ring (bicyclic) bond motifs is 2. The molecule has 1 aromatic rings. The van der Waals surface area contributed by atoms with Crippen molar-refractivity contribution in [2.75, 3.05) is 5.32 Å². The highest BCUT2D eigenvalue weighted by Crippen LogP contribution is 2.48. The van der Waals surface area contributed by atoms with Crippen LogP contribution in [0.15, 0.2) is 22.7 Å². The zero-order chi connectivity index (χ0) is 13.6. The van der Waals surface area contributed by atoms with E-state index in [0.717, 1.165) is 6.42 Å². The molecule has 1 aromatic heterocycles. The molecule has 0 saturated heterocycles. The maximum Gasteiger partial charge on any atom is 0.307 e. The Hall–Kier alpha value is -2.11. The van der Waals surface area contributed by atoms with Gasteiger partial charge in [-0.25, -0.2) is 0 Å². The molecule has 1 saturated carbocycles. The van der Waals surface area contributed by atoms with Gasteiger partial charge in [0.2, 0.25) is 11.8 Å². The van der Waals surface area contributed by atoms with Gasteiger partial charge in [0.25, 0.3) is 0 Å². The van der Waals surface area contributed by atoms with E-state index in [2.05, 4.69) is 10.5 Å². The van der Waals surface area contributed by atoms with Gasteiger partial charge in [-0.15, -0.1) is 0 Å². The third-order valence-electron chi connectivity index (χ3n) is 3.92. The molecular formula is C13H14N2O4. The highest BCUT2D eigenvalue weighted by atomic mass is 16.5. The van der Waals surface area contributed by atoms with Gasteiger partial charge in [0.05, 0.1) is 17.5 Å². The molecule has 2 N–H and O–H groups in total. The van der Waals surface area contributed by atoms with Gasteiger partial charge in [0, 0.05) is 6.07 Å². The van der Waals surface area contributed by atoms with Gasteiger partial charge in [-0.05, 0) is 25.2 Å². The molecule has 2 aliphatic rings. The molecule has 0 spiro atoms. The Labute approximate surface area is 109 Å². The minimum absolute atomic E-state index is 0.00937. The van der Waals surface area contributed by atoms with Crippen molar-refractivity contribution in [3.05, 3.63) is 23.9 Å². The molecule has 1 heterocycles. The van der Waals surface area contributed by atoms with Crippen molar-refractivity contribution in [3.63, 3.8) is 0 Å². The number of nitrogens with one attached hydrogen (secondary N) is 1. The van der Waals surface area contributed by atoms with Crippen molar-refractivity contribution >= 4 is 17.8 Å². The zero-order valence-corrected chi connectivity index (χ0v) is 10.4. The number of allylic oxidation sites excluding steroid dienone is 2. The van der Waals surface area contributed by atoms with E-state index in [9.17, 15) is 14.7 Å². The van der Waals surface area contributed by atoms with Crippen molar-refractivity contribution in [2.24, 2.45) is 23.7 Å². The highest BCUT2D eigenvalue weighted by molar-refractivity contribution is 5.95. The molecule has 4 unspecified atom stereocenters. The van der Waals surface area contributed by atoms with Crippen molar-refractivity contribution in [1.82, 2.24) is 5.16 Å². The number of carboxylic acid groups (broad SMARTS) is 1. The summed E-state index contributed by atoms with van der Waals surface area (Å²) in [7, 11) is 0. The molecule has 3 rings (SSSR count). The molecule has 4 atom stereocenters. The molecule has 6 heteroatoms. The smallest absolute Gasteiger partial charge is 0.307 e. The van der Waals surface area contributed by atoms with Crippen LogP contribution in [0.3, 0.4) is 0 Å². The average Bonchev–Trinajstić information content (AvgIpc) is 3.03. The summed E-state index contributed by atoms with van der Waals surface area (Å²) in [5.41, 5.74) is 0.665. The fourth-order valence-electron chi connectivity index (χ4n) is 3.14. The van der Waals surface area contributed by atoms with Gasteiger partial charge in [0.1, 0.15) is 0 Å². The molecule has 1 amide bonds. The summed E-state index contributed by atoms with van der Waals surface area (Å²) in [6, 6.07) is 1.61. The average molecular weight is 262 g/mol. The molecule has 1 fully saturated rings. The molecule has 0 aliphatic heterocycles. The predicted octanol–water partition coefficient (Wildman–Crippen LogP) is 1.44. The first-order valence-electron chi connectivity index (χ1n) is 6.21. The number of nitrogens with zero attached hydrogens (tertiary/aromatic N) is 1. The lowest BCUT2D eigenvalue weighted by Crippen LogP contribution is -2.36. The van der Waals surface area contributed by atoms with Crippen LogP contribution in [0.25, 0.3) is 0 Å². The van der Waals surface area contributed by atoms with Gasteiger partial charge >= 0.3 is 5.97 Å². The van der Waals surface area contributed by atoms with Gasteiger partial charge in [-0.3, -0.25) is 14.9 Å². The van der Waals surface area contributed by atoms with Crippen molar-refractivity contribution in [2.45, 2.75) is 13.3 Å². The van der Waals surface area contributed by atoms with Crippen molar-refractivity contribution < 1.29 is 19.2 Å². The lowest BCUT2D eigenvalue weighted by Gasteiger charge is -2.23. The minimum atomic E-state index is -0.911. The Morgan fingerprint density at radius 3 is 2.63 bits per heavy atom. The number of carboxylic acids is 1. The highest BCUT2D eigenvalue weighted by Gasteiger charge is 2.51. The number of aryl methyl sites for hydroxylation is 1. The number of rotatable bonds is 3. The van der Waals surface area contributed by atoms with Crippen molar-refractivity contribution in [3.8, 4) is 0 Å². The summed E-state index contributed by atoms with van der Waals surface area (Å²) in [4.78, 5) is 23.5. The van der Waals surface area contributed by atoms with E-state index in [1.54, 1.807) is 13.0 Å². The van der Waals surface area contributed by atoms with Crippen LogP contribution in [0, 0.1) is 30.6 Å². The van der Waals surface area contributed by atoms with E-state index in [1.807, 2.05) is 12.2 Å². The number of amides is 1. The monoisotopic (exact) mass is 262 g/mol. The van der Waals surface area contributed by atoms with E-state index in [-0.39, 0.29) is 23.6 Å². The van der Waals surface area contributed by atoms with E-state index < -0.39 is 17.8 Å². The summed E-state index contributed by atoms with van der Waals surface area (Å²) in [6.45, 7) is 1.75. The topological polar surface area (TPSA) is 92.4 Å². The lowest BCUT2D eigenvalue weighted by atomic mass is 9.82. The Morgan fingerprint density at radius 1 is 1.37 bits per heavy atom.